The second kappa shape index (κ2) is 8.22. The minimum atomic E-state index is -0.495. The molecule has 2 aromatic carbocycles. The van der Waals surface area contributed by atoms with Crippen LogP contribution in [0.4, 0.5) is 5.69 Å². The molecule has 0 radical (unpaired) electrons. The maximum Gasteiger partial charge on any atom is 0.263 e. The Bertz CT molecular complexity index is 829. The lowest BCUT2D eigenvalue weighted by Crippen LogP contribution is -2.52. The molecule has 0 N–H and O–H groups in total. The van der Waals surface area contributed by atoms with Gasteiger partial charge in [-0.25, -0.2) is 0 Å². The third-order valence-electron chi connectivity index (χ3n) is 5.09. The van der Waals surface area contributed by atoms with Crippen molar-refractivity contribution in [1.82, 2.24) is 4.90 Å². The summed E-state index contributed by atoms with van der Waals surface area (Å²) >= 11 is 6.15. The van der Waals surface area contributed by atoms with Gasteiger partial charge >= 0.3 is 0 Å². The van der Waals surface area contributed by atoms with Crippen molar-refractivity contribution in [1.29, 1.82) is 0 Å². The molecular formula is C22H27ClN2O2. The summed E-state index contributed by atoms with van der Waals surface area (Å²) in [4.78, 5) is 17.0. The topological polar surface area (TPSA) is 32.8 Å². The molecule has 1 atom stereocenters. The Morgan fingerprint density at radius 1 is 1.00 bits per heavy atom. The Morgan fingerprint density at radius 3 is 2.37 bits per heavy atom. The fourth-order valence-corrected chi connectivity index (χ4v) is 3.69. The van der Waals surface area contributed by atoms with Crippen LogP contribution in [0.2, 0.25) is 5.02 Å². The third-order valence-corrected chi connectivity index (χ3v) is 5.32. The molecule has 1 heterocycles. The average Bonchev–Trinajstić information content (AvgIpc) is 2.65. The molecule has 1 amide bonds. The van der Waals surface area contributed by atoms with Crippen molar-refractivity contribution in [3.63, 3.8) is 0 Å². The van der Waals surface area contributed by atoms with Crippen LogP contribution in [0.5, 0.6) is 5.75 Å². The Labute approximate surface area is 166 Å². The van der Waals surface area contributed by atoms with E-state index in [4.69, 9.17) is 16.3 Å². The highest BCUT2D eigenvalue weighted by Crippen LogP contribution is 2.26. The SMILES string of the molecule is Cc1ccc(O[C@H](C)C(=O)N2CCN(c3cc(Cl)ccc3C)CC2)c(C)c1. The van der Waals surface area contributed by atoms with Crippen LogP contribution in [0.1, 0.15) is 23.6 Å². The van der Waals surface area contributed by atoms with Gasteiger partial charge in [0.15, 0.2) is 6.10 Å². The number of halogens is 1. The number of benzene rings is 2. The number of hydrogen-bond donors (Lipinski definition) is 0. The predicted octanol–water partition coefficient (Wildman–Crippen LogP) is 4.38. The van der Waals surface area contributed by atoms with E-state index in [-0.39, 0.29) is 5.91 Å². The van der Waals surface area contributed by atoms with E-state index < -0.39 is 6.10 Å². The molecule has 1 fully saturated rings. The van der Waals surface area contributed by atoms with Gasteiger partial charge in [0.05, 0.1) is 0 Å². The molecule has 4 nitrogen and oxygen atoms in total. The summed E-state index contributed by atoms with van der Waals surface area (Å²) in [6.45, 7) is 10.9. The number of ether oxygens (including phenoxy) is 1. The van der Waals surface area contributed by atoms with Crippen LogP contribution in [0.25, 0.3) is 0 Å². The maximum absolute atomic E-state index is 12.8. The van der Waals surface area contributed by atoms with Crippen molar-refractivity contribution in [3.05, 3.63) is 58.1 Å². The Balaban J connectivity index is 1.60. The number of piperazine rings is 1. The summed E-state index contributed by atoms with van der Waals surface area (Å²) < 4.78 is 5.94. The Morgan fingerprint density at radius 2 is 1.70 bits per heavy atom. The van der Waals surface area contributed by atoms with Gasteiger partial charge in [0.1, 0.15) is 5.75 Å². The summed E-state index contributed by atoms with van der Waals surface area (Å²) in [5, 5.41) is 0.740. The molecule has 1 aliphatic rings. The van der Waals surface area contributed by atoms with E-state index in [9.17, 15) is 4.79 Å². The summed E-state index contributed by atoms with van der Waals surface area (Å²) in [5.41, 5.74) is 4.59. The standard InChI is InChI=1S/C22H27ClN2O2/c1-15-5-8-21(17(3)13-15)27-18(4)22(26)25-11-9-24(10-12-25)20-14-19(23)7-6-16(20)2/h5-8,13-14,18H,9-12H2,1-4H3/t18-/m1/s1. The van der Waals surface area contributed by atoms with Crippen LogP contribution >= 0.6 is 11.6 Å². The number of rotatable bonds is 4. The zero-order valence-corrected chi connectivity index (χ0v) is 17.2. The number of carbonyl (C=O) groups is 1. The minimum absolute atomic E-state index is 0.0393. The first-order chi connectivity index (χ1) is 12.8. The lowest BCUT2D eigenvalue weighted by atomic mass is 10.1. The van der Waals surface area contributed by atoms with E-state index in [1.165, 1.54) is 11.1 Å². The van der Waals surface area contributed by atoms with E-state index >= 15 is 0 Å². The molecule has 144 valence electrons. The third kappa shape index (κ3) is 4.56. The van der Waals surface area contributed by atoms with Crippen molar-refractivity contribution in [2.45, 2.75) is 33.8 Å². The van der Waals surface area contributed by atoms with Crippen molar-refractivity contribution >= 4 is 23.2 Å². The van der Waals surface area contributed by atoms with E-state index in [0.29, 0.717) is 13.1 Å². The highest BCUT2D eigenvalue weighted by Gasteiger charge is 2.27. The average molecular weight is 387 g/mol. The van der Waals surface area contributed by atoms with Gasteiger partial charge in [-0.2, -0.15) is 0 Å². The van der Waals surface area contributed by atoms with Gasteiger partial charge < -0.3 is 14.5 Å². The van der Waals surface area contributed by atoms with Crippen LogP contribution < -0.4 is 9.64 Å². The van der Waals surface area contributed by atoms with E-state index in [1.807, 2.05) is 56.0 Å². The summed E-state index contributed by atoms with van der Waals surface area (Å²) in [7, 11) is 0. The molecule has 1 aliphatic heterocycles. The van der Waals surface area contributed by atoms with E-state index in [2.05, 4.69) is 17.9 Å². The van der Waals surface area contributed by atoms with E-state index in [0.717, 1.165) is 35.1 Å². The second-order valence-corrected chi connectivity index (χ2v) is 7.71. The Kier molecular flexibility index (Phi) is 5.95. The van der Waals surface area contributed by atoms with Crippen LogP contribution in [0.3, 0.4) is 0 Å². The van der Waals surface area contributed by atoms with Crippen molar-refractivity contribution < 1.29 is 9.53 Å². The zero-order chi connectivity index (χ0) is 19.6. The molecule has 0 aromatic heterocycles. The Hall–Kier alpha value is -2.20. The van der Waals surface area contributed by atoms with Gasteiger partial charge in [-0.15, -0.1) is 0 Å². The predicted molar refractivity (Wildman–Crippen MR) is 111 cm³/mol. The molecule has 1 saturated heterocycles. The normalized spacial score (nSPS) is 15.6. The molecular weight excluding hydrogens is 360 g/mol. The first kappa shape index (κ1) is 19.6. The molecule has 0 bridgehead atoms. The van der Waals surface area contributed by atoms with Crippen LogP contribution in [0.15, 0.2) is 36.4 Å². The monoisotopic (exact) mass is 386 g/mol. The maximum atomic E-state index is 12.8. The zero-order valence-electron chi connectivity index (χ0n) is 16.5. The highest BCUT2D eigenvalue weighted by atomic mass is 35.5. The van der Waals surface area contributed by atoms with Crippen molar-refractivity contribution in [2.24, 2.45) is 0 Å². The number of amides is 1. The van der Waals surface area contributed by atoms with Gasteiger partial charge in [-0.1, -0.05) is 35.4 Å². The van der Waals surface area contributed by atoms with Gasteiger partial charge in [0.25, 0.3) is 5.91 Å². The van der Waals surface area contributed by atoms with Crippen LogP contribution in [-0.2, 0) is 4.79 Å². The fraction of sp³-hybridized carbons (Fsp3) is 0.409. The summed E-state index contributed by atoms with van der Waals surface area (Å²) in [6.07, 6.45) is -0.495. The number of hydrogen-bond acceptors (Lipinski definition) is 3. The first-order valence-corrected chi connectivity index (χ1v) is 9.77. The lowest BCUT2D eigenvalue weighted by molar-refractivity contribution is -0.138. The number of aryl methyl sites for hydroxylation is 3. The number of carbonyl (C=O) groups excluding carboxylic acids is 1. The van der Waals surface area contributed by atoms with Gasteiger partial charge in [0, 0.05) is 36.9 Å². The molecule has 0 saturated carbocycles. The van der Waals surface area contributed by atoms with Crippen molar-refractivity contribution in [2.75, 3.05) is 31.1 Å². The van der Waals surface area contributed by atoms with E-state index in [1.54, 1.807) is 0 Å². The van der Waals surface area contributed by atoms with Gasteiger partial charge in [-0.05, 0) is 57.0 Å². The molecule has 0 spiro atoms. The molecule has 3 rings (SSSR count). The van der Waals surface area contributed by atoms with Gasteiger partial charge in [0.2, 0.25) is 0 Å². The lowest BCUT2D eigenvalue weighted by Gasteiger charge is -2.37. The first-order valence-electron chi connectivity index (χ1n) is 9.39. The van der Waals surface area contributed by atoms with Crippen LogP contribution in [0, 0.1) is 20.8 Å². The van der Waals surface area contributed by atoms with Gasteiger partial charge in [-0.3, -0.25) is 4.79 Å². The summed E-state index contributed by atoms with van der Waals surface area (Å²) in [5.74, 6) is 0.812. The molecule has 0 aliphatic carbocycles. The second-order valence-electron chi connectivity index (χ2n) is 7.27. The minimum Gasteiger partial charge on any atom is -0.481 e. The number of anilines is 1. The quantitative estimate of drug-likeness (QED) is 0.781. The van der Waals surface area contributed by atoms with Crippen LogP contribution in [-0.4, -0.2) is 43.1 Å². The molecule has 2 aromatic rings. The van der Waals surface area contributed by atoms with Crippen molar-refractivity contribution in [3.8, 4) is 5.75 Å². The smallest absolute Gasteiger partial charge is 0.263 e. The summed E-state index contributed by atoms with van der Waals surface area (Å²) in [6, 6.07) is 12.0. The molecule has 5 heteroatoms. The molecule has 27 heavy (non-hydrogen) atoms. The highest BCUT2D eigenvalue weighted by molar-refractivity contribution is 6.30. The largest absolute Gasteiger partial charge is 0.481 e. The fourth-order valence-electron chi connectivity index (χ4n) is 3.52. The number of nitrogens with zero attached hydrogens (tertiary/aromatic N) is 2. The molecule has 0 unspecified atom stereocenters.